The lowest BCUT2D eigenvalue weighted by Crippen LogP contribution is -2.26. The number of nitrogens with zero attached hydrogens (tertiary/aromatic N) is 4. The predicted octanol–water partition coefficient (Wildman–Crippen LogP) is 4.75. The molecule has 4 aromatic rings. The summed E-state index contributed by atoms with van der Waals surface area (Å²) >= 11 is 5.95. The highest BCUT2D eigenvalue weighted by atomic mass is 35.5. The van der Waals surface area contributed by atoms with Crippen LogP contribution in [0.1, 0.15) is 22.3 Å². The lowest BCUT2D eigenvalue weighted by Gasteiger charge is -2.18. The first kappa shape index (κ1) is 25.1. The Labute approximate surface area is 212 Å². The molecule has 186 valence electrons. The number of hydrogen-bond donors (Lipinski definition) is 1. The average molecular weight is 510 g/mol. The Kier molecular flexibility index (Phi) is 8.12. The van der Waals surface area contributed by atoms with Gasteiger partial charge in [-0.25, -0.2) is 19.3 Å². The number of likely N-dealkylation sites (N-methyl/N-ethyl adjacent to an activating group) is 1. The Hall–Kier alpha value is -3.98. The fourth-order valence-corrected chi connectivity index (χ4v) is 3.64. The molecule has 0 saturated carbocycles. The molecule has 2 heterocycles. The second kappa shape index (κ2) is 11.6. The normalized spacial score (nSPS) is 10.8. The second-order valence-corrected chi connectivity index (χ2v) is 8.53. The lowest BCUT2D eigenvalue weighted by molar-refractivity contribution is 0.379. The minimum atomic E-state index is -0.650. The standard InChI is InChI=1S/C26H25ClFN5O3/c1-33(25-29-16-20(24(34)32-25)11-18-14-30-26(35-2)31-15-18)10-9-17-3-5-21(6-4-17)36-22-7-8-23(27)19(12-22)13-28/h3-8,12,14-16H,9-11,13H2,1-2H3,(H,29,32,34). The summed E-state index contributed by atoms with van der Waals surface area (Å²) in [7, 11) is 3.37. The fourth-order valence-electron chi connectivity index (χ4n) is 3.47. The van der Waals surface area contributed by atoms with Gasteiger partial charge in [0.2, 0.25) is 5.95 Å². The van der Waals surface area contributed by atoms with E-state index in [4.69, 9.17) is 21.1 Å². The van der Waals surface area contributed by atoms with Crippen LogP contribution < -0.4 is 19.9 Å². The van der Waals surface area contributed by atoms with Gasteiger partial charge < -0.3 is 14.4 Å². The quantitative estimate of drug-likeness (QED) is 0.329. The van der Waals surface area contributed by atoms with E-state index >= 15 is 0 Å². The third-order valence-electron chi connectivity index (χ3n) is 5.54. The molecule has 0 bridgehead atoms. The molecule has 0 aliphatic rings. The molecule has 0 aliphatic heterocycles. The average Bonchev–Trinajstić information content (AvgIpc) is 2.90. The van der Waals surface area contributed by atoms with Crippen molar-refractivity contribution in [1.29, 1.82) is 0 Å². The third-order valence-corrected chi connectivity index (χ3v) is 5.90. The number of ether oxygens (including phenoxy) is 2. The molecule has 10 heteroatoms. The summed E-state index contributed by atoms with van der Waals surface area (Å²) in [4.78, 5) is 29.8. The van der Waals surface area contributed by atoms with Gasteiger partial charge >= 0.3 is 6.01 Å². The first-order chi connectivity index (χ1) is 17.4. The molecule has 0 spiro atoms. The van der Waals surface area contributed by atoms with Crippen LogP contribution in [0.3, 0.4) is 0 Å². The number of alkyl halides is 1. The molecule has 0 aliphatic carbocycles. The van der Waals surface area contributed by atoms with Crippen LogP contribution in [0.5, 0.6) is 17.5 Å². The number of nitrogens with one attached hydrogen (secondary N) is 1. The number of rotatable bonds is 10. The van der Waals surface area contributed by atoms with Crippen molar-refractivity contribution < 1.29 is 13.9 Å². The van der Waals surface area contributed by atoms with E-state index < -0.39 is 6.67 Å². The molecule has 0 unspecified atom stereocenters. The Bertz CT molecular complexity index is 1360. The van der Waals surface area contributed by atoms with E-state index in [0.717, 1.165) is 17.5 Å². The van der Waals surface area contributed by atoms with Gasteiger partial charge in [-0.05, 0) is 47.9 Å². The molecular formula is C26H25ClFN5O3. The van der Waals surface area contributed by atoms with Crippen LogP contribution in [0.25, 0.3) is 0 Å². The zero-order valence-electron chi connectivity index (χ0n) is 19.9. The fraction of sp³-hybridized carbons (Fsp3) is 0.231. The van der Waals surface area contributed by atoms with Crippen molar-refractivity contribution in [3.05, 3.63) is 98.7 Å². The SMILES string of the molecule is COc1ncc(Cc2cnc(N(C)CCc3ccc(Oc4ccc(Cl)c(CF)c4)cc3)[nH]c2=O)cn1. The molecule has 0 amide bonds. The molecular weight excluding hydrogens is 485 g/mol. The smallest absolute Gasteiger partial charge is 0.316 e. The molecule has 2 aromatic carbocycles. The van der Waals surface area contributed by atoms with Crippen molar-refractivity contribution in [1.82, 2.24) is 19.9 Å². The number of benzene rings is 2. The van der Waals surface area contributed by atoms with Crippen molar-refractivity contribution in [2.75, 3.05) is 25.6 Å². The van der Waals surface area contributed by atoms with E-state index in [0.29, 0.717) is 46.6 Å². The van der Waals surface area contributed by atoms with Gasteiger partial charge in [-0.3, -0.25) is 9.78 Å². The van der Waals surface area contributed by atoms with Gasteiger partial charge in [-0.1, -0.05) is 23.7 Å². The predicted molar refractivity (Wildman–Crippen MR) is 136 cm³/mol. The van der Waals surface area contributed by atoms with Crippen LogP contribution >= 0.6 is 11.6 Å². The Morgan fingerprint density at radius 2 is 1.69 bits per heavy atom. The maximum atomic E-state index is 13.0. The Balaban J connectivity index is 1.32. The molecule has 8 nitrogen and oxygen atoms in total. The minimum Gasteiger partial charge on any atom is -0.467 e. The van der Waals surface area contributed by atoms with Gasteiger partial charge in [0, 0.05) is 54.8 Å². The molecule has 0 atom stereocenters. The molecule has 0 radical (unpaired) electrons. The summed E-state index contributed by atoms with van der Waals surface area (Å²) in [6.45, 7) is -0.00514. The highest BCUT2D eigenvalue weighted by Crippen LogP contribution is 2.27. The van der Waals surface area contributed by atoms with Gasteiger partial charge in [0.15, 0.2) is 0 Å². The number of aromatic amines is 1. The van der Waals surface area contributed by atoms with E-state index in [1.54, 1.807) is 36.8 Å². The number of H-pyrrole nitrogens is 1. The van der Waals surface area contributed by atoms with E-state index in [1.807, 2.05) is 36.2 Å². The number of aromatic nitrogens is 4. The number of methoxy groups -OCH3 is 1. The van der Waals surface area contributed by atoms with E-state index in [2.05, 4.69) is 19.9 Å². The second-order valence-electron chi connectivity index (χ2n) is 8.12. The van der Waals surface area contributed by atoms with Gasteiger partial charge in [0.25, 0.3) is 5.56 Å². The van der Waals surface area contributed by atoms with Crippen molar-refractivity contribution in [3.8, 4) is 17.5 Å². The van der Waals surface area contributed by atoms with Crippen molar-refractivity contribution >= 4 is 17.5 Å². The maximum Gasteiger partial charge on any atom is 0.316 e. The van der Waals surface area contributed by atoms with E-state index in [1.165, 1.54) is 7.11 Å². The van der Waals surface area contributed by atoms with E-state index in [-0.39, 0.29) is 11.6 Å². The Morgan fingerprint density at radius 1 is 0.972 bits per heavy atom. The summed E-state index contributed by atoms with van der Waals surface area (Å²) in [6, 6.07) is 12.8. The molecule has 0 saturated heterocycles. The van der Waals surface area contributed by atoms with Crippen molar-refractivity contribution in [3.63, 3.8) is 0 Å². The highest BCUT2D eigenvalue weighted by Gasteiger charge is 2.09. The first-order valence-electron chi connectivity index (χ1n) is 11.2. The number of anilines is 1. The van der Waals surface area contributed by atoms with Gasteiger partial charge in [0.1, 0.15) is 18.2 Å². The molecule has 4 rings (SSSR count). The third kappa shape index (κ3) is 6.37. The summed E-state index contributed by atoms with van der Waals surface area (Å²) in [6.07, 6.45) is 5.93. The summed E-state index contributed by atoms with van der Waals surface area (Å²) < 4.78 is 23.8. The van der Waals surface area contributed by atoms with Crippen LogP contribution in [0.15, 0.2) is 65.8 Å². The van der Waals surface area contributed by atoms with E-state index in [9.17, 15) is 9.18 Å². The van der Waals surface area contributed by atoms with Crippen molar-refractivity contribution in [2.24, 2.45) is 0 Å². The molecule has 2 aromatic heterocycles. The highest BCUT2D eigenvalue weighted by molar-refractivity contribution is 6.31. The summed E-state index contributed by atoms with van der Waals surface area (Å²) in [5, 5.41) is 0.377. The molecule has 0 fully saturated rings. The lowest BCUT2D eigenvalue weighted by atomic mass is 10.1. The van der Waals surface area contributed by atoms with Crippen LogP contribution in [-0.4, -0.2) is 40.6 Å². The van der Waals surface area contributed by atoms with Crippen LogP contribution in [0.4, 0.5) is 10.3 Å². The molecule has 36 heavy (non-hydrogen) atoms. The number of halogens is 2. The zero-order valence-corrected chi connectivity index (χ0v) is 20.6. The van der Waals surface area contributed by atoms with Gasteiger partial charge in [-0.2, -0.15) is 0 Å². The summed E-state index contributed by atoms with van der Waals surface area (Å²) in [5.41, 5.74) is 2.59. The monoisotopic (exact) mass is 509 g/mol. The maximum absolute atomic E-state index is 13.0. The zero-order chi connectivity index (χ0) is 25.5. The molecule has 1 N–H and O–H groups in total. The first-order valence-corrected chi connectivity index (χ1v) is 11.6. The van der Waals surface area contributed by atoms with Crippen molar-refractivity contribution in [2.45, 2.75) is 19.5 Å². The van der Waals surface area contributed by atoms with Gasteiger partial charge in [-0.15, -0.1) is 0 Å². The minimum absolute atomic E-state index is 0.206. The van der Waals surface area contributed by atoms with Crippen LogP contribution in [0.2, 0.25) is 5.02 Å². The van der Waals surface area contributed by atoms with Crippen LogP contribution in [-0.2, 0) is 19.5 Å². The van der Waals surface area contributed by atoms with Crippen LogP contribution in [0, 0.1) is 0 Å². The van der Waals surface area contributed by atoms with Gasteiger partial charge in [0.05, 0.1) is 7.11 Å². The summed E-state index contributed by atoms with van der Waals surface area (Å²) in [5.74, 6) is 1.65. The topological polar surface area (TPSA) is 93.2 Å². The number of hydrogen-bond acceptors (Lipinski definition) is 7. The Morgan fingerprint density at radius 3 is 2.36 bits per heavy atom. The largest absolute Gasteiger partial charge is 0.467 e.